The molecule has 3 heteroatoms. The highest BCUT2D eigenvalue weighted by atomic mass is 16.1. The van der Waals surface area contributed by atoms with Gasteiger partial charge in [-0.25, -0.2) is 0 Å². The van der Waals surface area contributed by atoms with Crippen LogP contribution >= 0.6 is 0 Å². The zero-order chi connectivity index (χ0) is 14.7. The first-order valence-corrected chi connectivity index (χ1v) is 6.94. The van der Waals surface area contributed by atoms with Gasteiger partial charge in [-0.05, 0) is 29.3 Å². The maximum absolute atomic E-state index is 12.5. The molecule has 0 aromatic heterocycles. The summed E-state index contributed by atoms with van der Waals surface area (Å²) in [5, 5.41) is 6.24. The van der Waals surface area contributed by atoms with Crippen molar-refractivity contribution in [1.29, 1.82) is 0 Å². The second-order valence-corrected chi connectivity index (χ2v) is 5.10. The minimum absolute atomic E-state index is 0.0104. The van der Waals surface area contributed by atoms with Crippen LogP contribution in [0, 0.1) is 12.3 Å². The number of anilines is 1. The molecule has 0 saturated carbocycles. The van der Waals surface area contributed by atoms with Crippen molar-refractivity contribution >= 4 is 11.6 Å². The summed E-state index contributed by atoms with van der Waals surface area (Å²) < 4.78 is 0. The van der Waals surface area contributed by atoms with Crippen molar-refractivity contribution < 1.29 is 4.79 Å². The van der Waals surface area contributed by atoms with Gasteiger partial charge in [0.15, 0.2) is 0 Å². The Hall–Kier alpha value is -2.57. The summed E-state index contributed by atoms with van der Waals surface area (Å²) in [4.78, 5) is 12.5. The minimum Gasteiger partial charge on any atom is -0.325 e. The number of hydrogen-bond donors (Lipinski definition) is 2. The molecule has 1 heterocycles. The third-order valence-electron chi connectivity index (χ3n) is 3.71. The van der Waals surface area contributed by atoms with Gasteiger partial charge in [0.25, 0.3) is 0 Å². The quantitative estimate of drug-likeness (QED) is 0.827. The van der Waals surface area contributed by atoms with E-state index in [1.165, 1.54) is 5.56 Å². The molecule has 2 N–H and O–H groups in total. The smallest absolute Gasteiger partial charge is 0.233 e. The van der Waals surface area contributed by atoms with Crippen molar-refractivity contribution in [2.45, 2.75) is 12.5 Å². The van der Waals surface area contributed by atoms with Crippen molar-refractivity contribution in [2.75, 3.05) is 11.9 Å². The van der Waals surface area contributed by atoms with Crippen LogP contribution in [-0.2, 0) is 11.3 Å². The second kappa shape index (κ2) is 5.82. The van der Waals surface area contributed by atoms with Crippen LogP contribution < -0.4 is 10.6 Å². The molecule has 1 aliphatic heterocycles. The molecule has 2 aromatic rings. The van der Waals surface area contributed by atoms with Crippen LogP contribution in [0.15, 0.2) is 48.5 Å². The third-order valence-corrected chi connectivity index (χ3v) is 3.71. The Morgan fingerprint density at radius 1 is 1.24 bits per heavy atom. The van der Waals surface area contributed by atoms with Crippen molar-refractivity contribution in [3.8, 4) is 12.3 Å². The molecule has 0 spiro atoms. The SMILES string of the molecule is C#Cc1cccc(NC(=O)C2CNCc3ccccc32)c1. The van der Waals surface area contributed by atoms with Gasteiger partial charge < -0.3 is 10.6 Å². The van der Waals surface area contributed by atoms with Gasteiger partial charge in [0, 0.05) is 24.3 Å². The number of hydrogen-bond acceptors (Lipinski definition) is 2. The average Bonchev–Trinajstić information content (AvgIpc) is 2.54. The molecular formula is C18H16N2O. The van der Waals surface area contributed by atoms with Gasteiger partial charge in [0.2, 0.25) is 5.91 Å². The lowest BCUT2D eigenvalue weighted by Crippen LogP contribution is -2.35. The predicted molar refractivity (Wildman–Crippen MR) is 83.9 cm³/mol. The van der Waals surface area contributed by atoms with E-state index in [0.717, 1.165) is 23.4 Å². The first kappa shape index (κ1) is 13.4. The standard InChI is InChI=1S/C18H16N2O/c1-2-13-6-5-8-15(10-13)20-18(21)17-12-19-11-14-7-3-4-9-16(14)17/h1,3-10,17,19H,11-12H2,(H,20,21). The van der Waals surface area contributed by atoms with Crippen LogP contribution in [0.3, 0.4) is 0 Å². The first-order valence-electron chi connectivity index (χ1n) is 6.94. The molecule has 21 heavy (non-hydrogen) atoms. The minimum atomic E-state index is -0.176. The third kappa shape index (κ3) is 2.81. The van der Waals surface area contributed by atoms with Crippen LogP contribution in [-0.4, -0.2) is 12.5 Å². The average molecular weight is 276 g/mol. The molecule has 104 valence electrons. The summed E-state index contributed by atoms with van der Waals surface area (Å²) in [5.41, 5.74) is 3.77. The highest BCUT2D eigenvalue weighted by Gasteiger charge is 2.25. The van der Waals surface area contributed by atoms with Crippen LogP contribution in [0.1, 0.15) is 22.6 Å². The van der Waals surface area contributed by atoms with E-state index in [-0.39, 0.29) is 11.8 Å². The molecule has 0 saturated heterocycles. The number of carbonyl (C=O) groups is 1. The van der Waals surface area contributed by atoms with Crippen LogP contribution in [0.4, 0.5) is 5.69 Å². The normalized spacial score (nSPS) is 16.6. The molecule has 3 nitrogen and oxygen atoms in total. The lowest BCUT2D eigenvalue weighted by molar-refractivity contribution is -0.117. The fourth-order valence-corrected chi connectivity index (χ4v) is 2.65. The number of rotatable bonds is 2. The number of nitrogens with one attached hydrogen (secondary N) is 2. The first-order chi connectivity index (χ1) is 10.3. The van der Waals surface area contributed by atoms with E-state index in [1.54, 1.807) is 6.07 Å². The summed E-state index contributed by atoms with van der Waals surface area (Å²) in [6, 6.07) is 15.4. The Balaban J connectivity index is 1.82. The Labute approximate surface area is 124 Å². The van der Waals surface area contributed by atoms with Gasteiger partial charge in [-0.1, -0.05) is 36.3 Å². The van der Waals surface area contributed by atoms with Gasteiger partial charge in [-0.15, -0.1) is 6.42 Å². The highest BCUT2D eigenvalue weighted by Crippen LogP contribution is 2.25. The van der Waals surface area contributed by atoms with E-state index in [2.05, 4.69) is 22.6 Å². The molecule has 0 aliphatic carbocycles. The number of benzene rings is 2. The van der Waals surface area contributed by atoms with Gasteiger partial charge >= 0.3 is 0 Å². The van der Waals surface area contributed by atoms with Gasteiger partial charge in [-0.2, -0.15) is 0 Å². The van der Waals surface area contributed by atoms with Gasteiger partial charge in [0.05, 0.1) is 5.92 Å². The number of fused-ring (bicyclic) bond motifs is 1. The molecule has 1 unspecified atom stereocenters. The number of amides is 1. The van der Waals surface area contributed by atoms with Crippen LogP contribution in [0.5, 0.6) is 0 Å². The van der Waals surface area contributed by atoms with E-state index >= 15 is 0 Å². The zero-order valence-corrected chi connectivity index (χ0v) is 11.6. The molecule has 0 bridgehead atoms. The topological polar surface area (TPSA) is 41.1 Å². The molecule has 1 aliphatic rings. The van der Waals surface area contributed by atoms with Crippen LogP contribution in [0.25, 0.3) is 0 Å². The Morgan fingerprint density at radius 3 is 2.95 bits per heavy atom. The Kier molecular flexibility index (Phi) is 3.72. The zero-order valence-electron chi connectivity index (χ0n) is 11.6. The fraction of sp³-hybridized carbons (Fsp3) is 0.167. The summed E-state index contributed by atoms with van der Waals surface area (Å²) in [7, 11) is 0. The lowest BCUT2D eigenvalue weighted by atomic mass is 9.90. The van der Waals surface area contributed by atoms with E-state index in [4.69, 9.17) is 6.42 Å². The van der Waals surface area contributed by atoms with Crippen molar-refractivity contribution in [2.24, 2.45) is 0 Å². The summed E-state index contributed by atoms with van der Waals surface area (Å²) in [6.45, 7) is 1.46. The number of carbonyl (C=O) groups excluding carboxylic acids is 1. The van der Waals surface area contributed by atoms with Crippen molar-refractivity contribution in [3.05, 3.63) is 65.2 Å². The number of terminal acetylenes is 1. The summed E-state index contributed by atoms with van der Waals surface area (Å²) in [5.74, 6) is 2.39. The van der Waals surface area contributed by atoms with Crippen LogP contribution in [0.2, 0.25) is 0 Å². The maximum Gasteiger partial charge on any atom is 0.233 e. The van der Waals surface area contributed by atoms with E-state index < -0.39 is 0 Å². The molecule has 1 atom stereocenters. The maximum atomic E-state index is 12.5. The molecular weight excluding hydrogens is 260 g/mol. The van der Waals surface area contributed by atoms with Gasteiger partial charge in [0.1, 0.15) is 0 Å². The van der Waals surface area contributed by atoms with E-state index in [1.807, 2.05) is 36.4 Å². The van der Waals surface area contributed by atoms with Crippen molar-refractivity contribution in [3.63, 3.8) is 0 Å². The molecule has 0 radical (unpaired) electrons. The molecule has 0 fully saturated rings. The highest BCUT2D eigenvalue weighted by molar-refractivity contribution is 5.96. The largest absolute Gasteiger partial charge is 0.325 e. The summed E-state index contributed by atoms with van der Waals surface area (Å²) in [6.07, 6.45) is 5.38. The fourth-order valence-electron chi connectivity index (χ4n) is 2.65. The Morgan fingerprint density at radius 2 is 2.10 bits per heavy atom. The lowest BCUT2D eigenvalue weighted by Gasteiger charge is -2.25. The predicted octanol–water partition coefficient (Wildman–Crippen LogP) is 2.49. The second-order valence-electron chi connectivity index (χ2n) is 5.10. The molecule has 2 aromatic carbocycles. The van der Waals surface area contributed by atoms with Gasteiger partial charge in [-0.3, -0.25) is 4.79 Å². The molecule has 1 amide bonds. The van der Waals surface area contributed by atoms with Crippen molar-refractivity contribution in [1.82, 2.24) is 5.32 Å². The Bertz CT molecular complexity index is 715. The summed E-state index contributed by atoms with van der Waals surface area (Å²) >= 11 is 0. The monoisotopic (exact) mass is 276 g/mol. The van der Waals surface area contributed by atoms with E-state index in [0.29, 0.717) is 6.54 Å². The van der Waals surface area contributed by atoms with E-state index in [9.17, 15) is 4.79 Å². The molecule has 3 rings (SSSR count).